The lowest BCUT2D eigenvalue weighted by Gasteiger charge is -2.53. The van der Waals surface area contributed by atoms with Gasteiger partial charge >= 0.3 is 6.09 Å². The molecule has 2 amide bonds. The Bertz CT molecular complexity index is 1250. The number of benzene rings is 1. The molecule has 3 aromatic rings. The second-order valence-electron chi connectivity index (χ2n) is 9.26. The Labute approximate surface area is 179 Å². The SMILES string of the molecule is NC(=O)c1c2c(c(N3CCC4(CC3)CN(C(=O)O)C4)n3c1nc1ccccc13)CCC2. The lowest BCUT2D eigenvalue weighted by Crippen LogP contribution is -2.61. The number of nitrogens with two attached hydrogens (primary N) is 1. The topological polar surface area (TPSA) is 104 Å². The van der Waals surface area contributed by atoms with Crippen LogP contribution in [0.15, 0.2) is 24.3 Å². The number of hydrogen-bond donors (Lipinski definition) is 2. The van der Waals surface area contributed by atoms with Gasteiger partial charge in [0.25, 0.3) is 5.91 Å². The van der Waals surface area contributed by atoms with Crippen molar-refractivity contribution in [2.75, 3.05) is 31.1 Å². The van der Waals surface area contributed by atoms with Crippen molar-refractivity contribution in [1.82, 2.24) is 14.3 Å². The number of nitrogens with zero attached hydrogens (tertiary/aromatic N) is 4. The number of primary amides is 1. The molecule has 2 saturated heterocycles. The van der Waals surface area contributed by atoms with Crippen LogP contribution in [-0.2, 0) is 12.8 Å². The fourth-order valence-corrected chi connectivity index (χ4v) is 5.94. The van der Waals surface area contributed by atoms with Gasteiger partial charge in [-0.1, -0.05) is 12.1 Å². The zero-order valence-electron chi connectivity index (χ0n) is 17.3. The molecular weight excluding hydrogens is 394 g/mol. The van der Waals surface area contributed by atoms with Crippen molar-refractivity contribution >= 4 is 34.5 Å². The summed E-state index contributed by atoms with van der Waals surface area (Å²) >= 11 is 0. The first-order valence-electron chi connectivity index (χ1n) is 10.9. The number of hydrogen-bond acceptors (Lipinski definition) is 4. The number of aromatic nitrogens is 2. The first-order chi connectivity index (χ1) is 15.0. The quantitative estimate of drug-likeness (QED) is 0.665. The van der Waals surface area contributed by atoms with E-state index < -0.39 is 12.0 Å². The van der Waals surface area contributed by atoms with Crippen LogP contribution in [0, 0.1) is 5.41 Å². The molecule has 2 aromatic heterocycles. The summed E-state index contributed by atoms with van der Waals surface area (Å²) in [5.74, 6) is 0.733. The molecule has 0 atom stereocenters. The molecule has 8 nitrogen and oxygen atoms in total. The van der Waals surface area contributed by atoms with Crippen LogP contribution >= 0.6 is 0 Å². The first kappa shape index (κ1) is 18.5. The molecule has 31 heavy (non-hydrogen) atoms. The summed E-state index contributed by atoms with van der Waals surface area (Å²) in [6.07, 6.45) is 3.92. The van der Waals surface area contributed by atoms with Crippen LogP contribution in [0.1, 0.15) is 40.7 Å². The van der Waals surface area contributed by atoms with Crippen LogP contribution < -0.4 is 10.6 Å². The molecule has 2 aliphatic heterocycles. The van der Waals surface area contributed by atoms with Gasteiger partial charge in [-0.3, -0.25) is 9.20 Å². The smallest absolute Gasteiger partial charge is 0.407 e. The van der Waals surface area contributed by atoms with E-state index in [0.29, 0.717) is 24.3 Å². The number of carbonyl (C=O) groups is 2. The Hall–Kier alpha value is -3.29. The van der Waals surface area contributed by atoms with Gasteiger partial charge in [-0.05, 0) is 55.4 Å². The minimum atomic E-state index is -0.820. The van der Waals surface area contributed by atoms with E-state index in [1.54, 1.807) is 0 Å². The van der Waals surface area contributed by atoms with Crippen molar-refractivity contribution in [2.45, 2.75) is 32.1 Å². The minimum absolute atomic E-state index is 0.112. The largest absolute Gasteiger partial charge is 0.465 e. The fraction of sp³-hybridized carbons (Fsp3) is 0.435. The van der Waals surface area contributed by atoms with E-state index in [-0.39, 0.29) is 5.41 Å². The number of para-hydroxylation sites is 2. The van der Waals surface area contributed by atoms with Crippen LogP contribution in [-0.4, -0.2) is 57.6 Å². The van der Waals surface area contributed by atoms with Gasteiger partial charge in [-0.2, -0.15) is 0 Å². The van der Waals surface area contributed by atoms with Gasteiger partial charge in [0, 0.05) is 31.6 Å². The van der Waals surface area contributed by atoms with E-state index in [4.69, 9.17) is 10.7 Å². The van der Waals surface area contributed by atoms with E-state index in [9.17, 15) is 14.7 Å². The van der Waals surface area contributed by atoms with Crippen molar-refractivity contribution in [2.24, 2.45) is 11.1 Å². The maximum Gasteiger partial charge on any atom is 0.407 e. The summed E-state index contributed by atoms with van der Waals surface area (Å²) in [6, 6.07) is 7.98. The predicted molar refractivity (Wildman–Crippen MR) is 117 cm³/mol. The molecule has 1 aliphatic carbocycles. The van der Waals surface area contributed by atoms with Crippen LogP contribution in [0.4, 0.5) is 10.6 Å². The molecule has 3 N–H and O–H groups in total. The van der Waals surface area contributed by atoms with Crippen LogP contribution in [0.25, 0.3) is 16.7 Å². The number of piperidine rings is 1. The number of imidazole rings is 1. The van der Waals surface area contributed by atoms with Crippen molar-refractivity contribution in [3.8, 4) is 0 Å². The Morgan fingerprint density at radius 2 is 1.77 bits per heavy atom. The Balaban J connectivity index is 1.47. The van der Waals surface area contributed by atoms with Gasteiger partial charge in [0.2, 0.25) is 0 Å². The second-order valence-corrected chi connectivity index (χ2v) is 9.26. The van der Waals surface area contributed by atoms with E-state index in [2.05, 4.69) is 9.30 Å². The van der Waals surface area contributed by atoms with Crippen LogP contribution in [0.2, 0.25) is 0 Å². The van der Waals surface area contributed by atoms with Gasteiger partial charge in [-0.15, -0.1) is 0 Å². The highest BCUT2D eigenvalue weighted by Gasteiger charge is 2.47. The second kappa shape index (κ2) is 6.35. The van der Waals surface area contributed by atoms with Gasteiger partial charge in [0.05, 0.1) is 16.6 Å². The fourth-order valence-electron chi connectivity index (χ4n) is 5.94. The van der Waals surface area contributed by atoms with E-state index in [1.807, 2.05) is 24.3 Å². The first-order valence-corrected chi connectivity index (χ1v) is 10.9. The summed E-state index contributed by atoms with van der Waals surface area (Å²) in [4.78, 5) is 32.4. The third-order valence-corrected chi connectivity index (χ3v) is 7.48. The van der Waals surface area contributed by atoms with Gasteiger partial charge in [0.15, 0.2) is 5.65 Å². The standard InChI is InChI=1S/C23H25N5O3/c24-19(29)18-14-4-3-5-15(14)21(28-17-7-2-1-6-16(17)25-20(18)28)26-10-8-23(9-11-26)12-27(13-23)22(30)31/h1-2,6-7H,3-5,8-13H2,(H2,24,29)(H,30,31). The summed E-state index contributed by atoms with van der Waals surface area (Å²) in [6.45, 7) is 3.02. The van der Waals surface area contributed by atoms with Gasteiger partial charge < -0.3 is 20.6 Å². The van der Waals surface area contributed by atoms with Crippen molar-refractivity contribution < 1.29 is 14.7 Å². The molecule has 3 aliphatic rings. The summed E-state index contributed by atoms with van der Waals surface area (Å²) < 4.78 is 2.14. The minimum Gasteiger partial charge on any atom is -0.465 e. The van der Waals surface area contributed by atoms with Gasteiger partial charge in [-0.25, -0.2) is 9.78 Å². The third kappa shape index (κ3) is 2.57. The summed E-state index contributed by atoms with van der Waals surface area (Å²) in [7, 11) is 0. The molecule has 4 heterocycles. The zero-order chi connectivity index (χ0) is 21.3. The maximum absolute atomic E-state index is 12.5. The third-order valence-electron chi connectivity index (χ3n) is 7.48. The maximum atomic E-state index is 12.5. The zero-order valence-corrected chi connectivity index (χ0v) is 17.3. The Kier molecular flexibility index (Phi) is 3.79. The van der Waals surface area contributed by atoms with Crippen molar-refractivity contribution in [3.63, 3.8) is 0 Å². The summed E-state index contributed by atoms with van der Waals surface area (Å²) in [5, 5.41) is 9.22. The molecule has 2 fully saturated rings. The number of fused-ring (bicyclic) bond motifs is 4. The monoisotopic (exact) mass is 419 g/mol. The van der Waals surface area contributed by atoms with Gasteiger partial charge in [0.1, 0.15) is 5.82 Å². The molecular formula is C23H25N5O3. The summed E-state index contributed by atoms with van der Waals surface area (Å²) in [5.41, 5.74) is 11.3. The number of amides is 2. The number of rotatable bonds is 2. The van der Waals surface area contributed by atoms with E-state index in [0.717, 1.165) is 67.6 Å². The molecule has 160 valence electrons. The lowest BCUT2D eigenvalue weighted by atomic mass is 9.72. The Morgan fingerprint density at radius 1 is 1.06 bits per heavy atom. The predicted octanol–water partition coefficient (Wildman–Crippen LogP) is 2.66. The van der Waals surface area contributed by atoms with Crippen molar-refractivity contribution in [1.29, 1.82) is 0 Å². The highest BCUT2D eigenvalue weighted by molar-refractivity contribution is 6.03. The number of carbonyl (C=O) groups excluding carboxylic acids is 1. The molecule has 0 bridgehead atoms. The normalized spacial score (nSPS) is 19.7. The lowest BCUT2D eigenvalue weighted by molar-refractivity contribution is -0.00647. The molecule has 1 spiro atoms. The molecule has 6 rings (SSSR count). The molecule has 8 heteroatoms. The van der Waals surface area contributed by atoms with Crippen LogP contribution in [0.3, 0.4) is 0 Å². The Morgan fingerprint density at radius 3 is 2.48 bits per heavy atom. The average molecular weight is 419 g/mol. The van der Waals surface area contributed by atoms with Crippen LogP contribution in [0.5, 0.6) is 0 Å². The number of anilines is 1. The van der Waals surface area contributed by atoms with Crippen molar-refractivity contribution in [3.05, 3.63) is 41.0 Å². The van der Waals surface area contributed by atoms with E-state index in [1.165, 1.54) is 10.5 Å². The molecule has 1 aromatic carbocycles. The number of likely N-dealkylation sites (tertiary alicyclic amines) is 1. The highest BCUT2D eigenvalue weighted by atomic mass is 16.4. The number of pyridine rings is 1. The molecule has 0 radical (unpaired) electrons. The highest BCUT2D eigenvalue weighted by Crippen LogP contribution is 2.44. The number of carboxylic acid groups (broad SMARTS) is 1. The molecule has 0 saturated carbocycles. The molecule has 0 unspecified atom stereocenters. The average Bonchev–Trinajstić information content (AvgIpc) is 3.34. The van der Waals surface area contributed by atoms with E-state index >= 15 is 0 Å².